The van der Waals surface area contributed by atoms with Crippen LogP contribution in [0.3, 0.4) is 0 Å². The quantitative estimate of drug-likeness (QED) is 0.623. The third-order valence-corrected chi connectivity index (χ3v) is 4.76. The van der Waals surface area contributed by atoms with Gasteiger partial charge in [0.2, 0.25) is 0 Å². The van der Waals surface area contributed by atoms with E-state index in [1.54, 1.807) is 19.2 Å². The molecule has 5 heteroatoms. The summed E-state index contributed by atoms with van der Waals surface area (Å²) in [6, 6.07) is 7.64. The fraction of sp³-hybridized carbons (Fsp3) is 0.611. The Bertz CT molecular complexity index is 542. The molecular formula is C18H27FN4. The number of rotatable bonds is 6. The molecule has 0 spiro atoms. The van der Waals surface area contributed by atoms with Gasteiger partial charge in [-0.05, 0) is 55.8 Å². The Morgan fingerprint density at radius 2 is 2.17 bits per heavy atom. The van der Waals surface area contributed by atoms with E-state index in [-0.39, 0.29) is 5.82 Å². The molecule has 2 aliphatic rings. The van der Waals surface area contributed by atoms with Crippen molar-refractivity contribution >= 4 is 5.96 Å². The lowest BCUT2D eigenvalue weighted by atomic mass is 10.1. The predicted octanol–water partition coefficient (Wildman–Crippen LogP) is 2.02. The molecule has 0 amide bonds. The number of benzene rings is 1. The molecule has 4 nitrogen and oxygen atoms in total. The zero-order valence-corrected chi connectivity index (χ0v) is 13.9. The van der Waals surface area contributed by atoms with Crippen LogP contribution < -0.4 is 10.6 Å². The zero-order valence-electron chi connectivity index (χ0n) is 13.9. The van der Waals surface area contributed by atoms with E-state index in [2.05, 4.69) is 20.5 Å². The molecule has 1 heterocycles. The molecule has 1 saturated carbocycles. The first kappa shape index (κ1) is 16.2. The molecule has 3 rings (SSSR count). The maximum Gasteiger partial charge on any atom is 0.190 e. The Morgan fingerprint density at radius 3 is 2.91 bits per heavy atom. The van der Waals surface area contributed by atoms with Crippen LogP contribution in [0.2, 0.25) is 0 Å². The molecule has 1 atom stereocenters. The third-order valence-electron chi connectivity index (χ3n) is 4.76. The number of halogens is 1. The second kappa shape index (κ2) is 7.77. The molecular weight excluding hydrogens is 291 g/mol. The van der Waals surface area contributed by atoms with Crippen molar-refractivity contribution < 1.29 is 4.39 Å². The van der Waals surface area contributed by atoms with Gasteiger partial charge in [-0.15, -0.1) is 0 Å². The SMILES string of the molecule is CN=C(NCCc1cccc(F)c1)NCC1CCN(C2CC2)C1. The maximum absolute atomic E-state index is 13.1. The van der Waals surface area contributed by atoms with Crippen molar-refractivity contribution in [1.82, 2.24) is 15.5 Å². The van der Waals surface area contributed by atoms with E-state index in [1.807, 2.05) is 6.07 Å². The highest BCUT2D eigenvalue weighted by Gasteiger charge is 2.34. The molecule has 1 aromatic carbocycles. The number of hydrogen-bond acceptors (Lipinski definition) is 2. The summed E-state index contributed by atoms with van der Waals surface area (Å²) in [5, 5.41) is 6.74. The van der Waals surface area contributed by atoms with Crippen LogP contribution in [0.4, 0.5) is 4.39 Å². The van der Waals surface area contributed by atoms with Crippen molar-refractivity contribution in [2.75, 3.05) is 33.2 Å². The number of hydrogen-bond donors (Lipinski definition) is 2. The summed E-state index contributed by atoms with van der Waals surface area (Å²) in [6.07, 6.45) is 4.86. The second-order valence-corrected chi connectivity index (χ2v) is 6.64. The van der Waals surface area contributed by atoms with E-state index in [1.165, 1.54) is 38.4 Å². The van der Waals surface area contributed by atoms with Gasteiger partial charge in [-0.2, -0.15) is 0 Å². The lowest BCUT2D eigenvalue weighted by Crippen LogP contribution is -2.41. The van der Waals surface area contributed by atoms with Gasteiger partial charge >= 0.3 is 0 Å². The van der Waals surface area contributed by atoms with Gasteiger partial charge in [0, 0.05) is 32.7 Å². The van der Waals surface area contributed by atoms with Crippen LogP contribution in [0.1, 0.15) is 24.8 Å². The zero-order chi connectivity index (χ0) is 16.1. The van der Waals surface area contributed by atoms with Crippen molar-refractivity contribution in [1.29, 1.82) is 0 Å². The molecule has 1 unspecified atom stereocenters. The molecule has 1 aliphatic carbocycles. The summed E-state index contributed by atoms with van der Waals surface area (Å²) < 4.78 is 13.1. The van der Waals surface area contributed by atoms with Gasteiger partial charge in [-0.1, -0.05) is 12.1 Å². The van der Waals surface area contributed by atoms with E-state index in [0.717, 1.165) is 43.0 Å². The minimum Gasteiger partial charge on any atom is -0.356 e. The van der Waals surface area contributed by atoms with E-state index in [4.69, 9.17) is 0 Å². The lowest BCUT2D eigenvalue weighted by molar-refractivity contribution is 0.314. The summed E-state index contributed by atoms with van der Waals surface area (Å²) in [5.41, 5.74) is 1.00. The highest BCUT2D eigenvalue weighted by atomic mass is 19.1. The lowest BCUT2D eigenvalue weighted by Gasteiger charge is -2.17. The molecule has 1 saturated heterocycles. The number of nitrogens with one attached hydrogen (secondary N) is 2. The Hall–Kier alpha value is -1.62. The Morgan fingerprint density at radius 1 is 1.30 bits per heavy atom. The van der Waals surface area contributed by atoms with Crippen LogP contribution in [0, 0.1) is 11.7 Å². The summed E-state index contributed by atoms with van der Waals surface area (Å²) >= 11 is 0. The predicted molar refractivity (Wildman–Crippen MR) is 92.2 cm³/mol. The van der Waals surface area contributed by atoms with Gasteiger partial charge in [0.1, 0.15) is 5.82 Å². The second-order valence-electron chi connectivity index (χ2n) is 6.64. The normalized spacial score (nSPS) is 22.3. The molecule has 0 radical (unpaired) electrons. The van der Waals surface area contributed by atoms with Gasteiger partial charge in [-0.3, -0.25) is 4.99 Å². The largest absolute Gasteiger partial charge is 0.356 e. The van der Waals surface area contributed by atoms with Gasteiger partial charge in [0.05, 0.1) is 0 Å². The smallest absolute Gasteiger partial charge is 0.190 e. The fourth-order valence-electron chi connectivity index (χ4n) is 3.28. The highest BCUT2D eigenvalue weighted by Crippen LogP contribution is 2.31. The molecule has 1 aromatic rings. The highest BCUT2D eigenvalue weighted by molar-refractivity contribution is 5.79. The van der Waals surface area contributed by atoms with Crippen molar-refractivity contribution in [3.05, 3.63) is 35.6 Å². The summed E-state index contributed by atoms with van der Waals surface area (Å²) in [4.78, 5) is 6.90. The van der Waals surface area contributed by atoms with E-state index in [0.29, 0.717) is 0 Å². The first-order chi connectivity index (χ1) is 11.2. The van der Waals surface area contributed by atoms with E-state index >= 15 is 0 Å². The first-order valence-electron chi connectivity index (χ1n) is 8.67. The third kappa shape index (κ3) is 4.93. The fourth-order valence-corrected chi connectivity index (χ4v) is 3.28. The van der Waals surface area contributed by atoms with E-state index < -0.39 is 0 Å². The maximum atomic E-state index is 13.1. The van der Waals surface area contributed by atoms with Crippen LogP contribution >= 0.6 is 0 Å². The molecule has 126 valence electrons. The summed E-state index contributed by atoms with van der Waals surface area (Å²) in [6.45, 7) is 4.20. The Labute approximate surface area is 138 Å². The van der Waals surface area contributed by atoms with Crippen LogP contribution in [-0.2, 0) is 6.42 Å². The molecule has 1 aliphatic heterocycles. The molecule has 0 aromatic heterocycles. The van der Waals surface area contributed by atoms with Crippen LogP contribution in [-0.4, -0.2) is 50.1 Å². The van der Waals surface area contributed by atoms with Crippen molar-refractivity contribution in [3.8, 4) is 0 Å². The van der Waals surface area contributed by atoms with Gasteiger partial charge in [0.15, 0.2) is 5.96 Å². The first-order valence-corrected chi connectivity index (χ1v) is 8.67. The van der Waals surface area contributed by atoms with Gasteiger partial charge in [0.25, 0.3) is 0 Å². The number of nitrogens with zero attached hydrogens (tertiary/aromatic N) is 2. The number of aliphatic imine (C=N–C) groups is 1. The standard InChI is InChI=1S/C18H27FN4/c1-20-18(21-9-7-14-3-2-4-16(19)11-14)22-12-15-8-10-23(13-15)17-5-6-17/h2-4,11,15,17H,5-10,12-13H2,1H3,(H2,20,21,22). The topological polar surface area (TPSA) is 39.7 Å². The minimum absolute atomic E-state index is 0.175. The minimum atomic E-state index is -0.175. The average Bonchev–Trinajstić information content (AvgIpc) is 3.30. The molecule has 2 fully saturated rings. The van der Waals surface area contributed by atoms with Crippen molar-refractivity contribution in [2.45, 2.75) is 31.7 Å². The van der Waals surface area contributed by atoms with Crippen LogP contribution in [0.25, 0.3) is 0 Å². The molecule has 23 heavy (non-hydrogen) atoms. The number of likely N-dealkylation sites (tertiary alicyclic amines) is 1. The van der Waals surface area contributed by atoms with Crippen LogP contribution in [0.5, 0.6) is 0 Å². The van der Waals surface area contributed by atoms with Crippen LogP contribution in [0.15, 0.2) is 29.3 Å². The Balaban J connectivity index is 1.35. The van der Waals surface area contributed by atoms with Gasteiger partial charge in [-0.25, -0.2) is 4.39 Å². The summed E-state index contributed by atoms with van der Waals surface area (Å²) in [7, 11) is 1.79. The average molecular weight is 318 g/mol. The van der Waals surface area contributed by atoms with Crippen molar-refractivity contribution in [3.63, 3.8) is 0 Å². The van der Waals surface area contributed by atoms with Gasteiger partial charge < -0.3 is 15.5 Å². The molecule has 0 bridgehead atoms. The Kier molecular flexibility index (Phi) is 5.49. The van der Waals surface area contributed by atoms with Crippen molar-refractivity contribution in [2.24, 2.45) is 10.9 Å². The number of guanidine groups is 1. The van der Waals surface area contributed by atoms with E-state index in [9.17, 15) is 4.39 Å². The molecule has 2 N–H and O–H groups in total. The summed E-state index contributed by atoms with van der Waals surface area (Å²) in [5.74, 6) is 1.38. The monoisotopic (exact) mass is 318 g/mol.